The molecule has 2 saturated carbocycles. The van der Waals surface area contributed by atoms with E-state index in [0.29, 0.717) is 6.04 Å². The van der Waals surface area contributed by atoms with Gasteiger partial charge in [0.25, 0.3) is 10.1 Å². The number of hydrogen-bond donors (Lipinski definition) is 3. The average Bonchev–Trinajstić information content (AvgIpc) is 2.70. The Kier molecular flexibility index (Phi) is 8.07. The molecule has 0 aliphatic heterocycles. The molecule has 0 bridgehead atoms. The van der Waals surface area contributed by atoms with E-state index < -0.39 is 10.1 Å². The molecule has 0 radical (unpaired) electrons. The minimum atomic E-state index is -3.81. The van der Waals surface area contributed by atoms with Crippen LogP contribution < -0.4 is 11.1 Å². The van der Waals surface area contributed by atoms with Gasteiger partial charge in [-0.15, -0.1) is 0 Å². The van der Waals surface area contributed by atoms with Crippen molar-refractivity contribution in [2.75, 3.05) is 12.3 Å². The molecule has 0 aromatic heterocycles. The molecular formula is C12H27N2NaO3S. The van der Waals surface area contributed by atoms with Gasteiger partial charge in [-0.1, -0.05) is 0 Å². The van der Waals surface area contributed by atoms with Crippen LogP contribution in [0.25, 0.3) is 0 Å². The second kappa shape index (κ2) is 7.73. The van der Waals surface area contributed by atoms with Crippen molar-refractivity contribution < 1.29 is 13.0 Å². The number of rotatable bonds is 3. The van der Waals surface area contributed by atoms with Gasteiger partial charge in [-0.3, -0.25) is 4.55 Å². The SMILES string of the molecule is CC(C)(C)NCCS(=O)(=O)O.NC1CC2CC2C1.[NaH]. The van der Waals surface area contributed by atoms with E-state index in [-0.39, 0.29) is 47.4 Å². The minimum absolute atomic E-state index is 0. The zero-order chi connectivity index (χ0) is 14.0. The fraction of sp³-hybridized carbons (Fsp3) is 1.00. The number of nitrogens with one attached hydrogen (secondary N) is 1. The Morgan fingerprint density at radius 2 is 1.68 bits per heavy atom. The molecule has 2 rings (SSSR count). The van der Waals surface area contributed by atoms with Crippen molar-refractivity contribution in [2.45, 2.75) is 51.6 Å². The van der Waals surface area contributed by atoms with Crippen LogP contribution in [0.4, 0.5) is 0 Å². The fourth-order valence-electron chi connectivity index (χ4n) is 2.32. The molecule has 19 heavy (non-hydrogen) atoms. The van der Waals surface area contributed by atoms with Crippen LogP contribution in [0.2, 0.25) is 0 Å². The van der Waals surface area contributed by atoms with Crippen molar-refractivity contribution in [2.24, 2.45) is 17.6 Å². The zero-order valence-corrected chi connectivity index (χ0v) is 12.3. The predicted molar refractivity (Wildman–Crippen MR) is 80.1 cm³/mol. The topological polar surface area (TPSA) is 92.4 Å². The van der Waals surface area contributed by atoms with E-state index in [1.165, 1.54) is 19.3 Å². The predicted octanol–water partition coefficient (Wildman–Crippen LogP) is 0.357. The normalized spacial score (nSPS) is 28.8. The first kappa shape index (κ1) is 19.8. The third-order valence-corrected chi connectivity index (χ3v) is 4.02. The summed E-state index contributed by atoms with van der Waals surface area (Å²) in [5.41, 5.74) is 5.55. The molecule has 2 unspecified atom stereocenters. The second-order valence-corrected chi connectivity index (χ2v) is 8.02. The molecule has 0 heterocycles. The Labute approximate surface area is 139 Å². The van der Waals surface area contributed by atoms with Crippen molar-refractivity contribution in [1.82, 2.24) is 5.32 Å². The molecule has 0 aromatic rings. The van der Waals surface area contributed by atoms with Gasteiger partial charge in [-0.2, -0.15) is 8.42 Å². The summed E-state index contributed by atoms with van der Waals surface area (Å²) in [6.45, 7) is 6.06. The first-order chi connectivity index (χ1) is 8.07. The van der Waals surface area contributed by atoms with E-state index in [4.69, 9.17) is 10.3 Å². The van der Waals surface area contributed by atoms with Gasteiger partial charge in [-0.25, -0.2) is 0 Å². The van der Waals surface area contributed by atoms with Crippen LogP contribution in [-0.2, 0) is 10.1 Å². The Morgan fingerprint density at radius 3 is 1.95 bits per heavy atom. The van der Waals surface area contributed by atoms with E-state index in [1.807, 2.05) is 20.8 Å². The van der Waals surface area contributed by atoms with Gasteiger partial charge in [0.1, 0.15) is 0 Å². The monoisotopic (exact) mass is 302 g/mol. The Hall–Kier alpha value is 0.830. The summed E-state index contributed by atoms with van der Waals surface area (Å²) < 4.78 is 28.8. The van der Waals surface area contributed by atoms with Crippen LogP contribution in [-0.4, -0.2) is 66.4 Å². The first-order valence-electron chi connectivity index (χ1n) is 6.52. The third-order valence-electron chi connectivity index (χ3n) is 3.30. The van der Waals surface area contributed by atoms with Gasteiger partial charge in [-0.05, 0) is 51.9 Å². The molecule has 2 aliphatic rings. The molecule has 2 aliphatic carbocycles. The Bertz CT molecular complexity index is 358. The van der Waals surface area contributed by atoms with Crippen LogP contribution in [0.5, 0.6) is 0 Å². The number of hydrogen-bond acceptors (Lipinski definition) is 4. The summed E-state index contributed by atoms with van der Waals surface area (Å²) in [5, 5.41) is 2.94. The van der Waals surface area contributed by atoms with Crippen LogP contribution in [0, 0.1) is 11.8 Å². The Balaban J connectivity index is 0.000000345. The summed E-state index contributed by atoms with van der Waals surface area (Å²) in [5.74, 6) is 1.90. The molecule has 5 nitrogen and oxygen atoms in total. The molecular weight excluding hydrogens is 275 g/mol. The zero-order valence-electron chi connectivity index (χ0n) is 11.5. The second-order valence-electron chi connectivity index (χ2n) is 6.45. The molecule has 2 fully saturated rings. The molecule has 7 heteroatoms. The first-order valence-corrected chi connectivity index (χ1v) is 8.13. The van der Waals surface area contributed by atoms with Gasteiger partial charge in [0, 0.05) is 18.1 Å². The van der Waals surface area contributed by atoms with Crippen molar-refractivity contribution in [3.8, 4) is 0 Å². The third kappa shape index (κ3) is 10.2. The van der Waals surface area contributed by atoms with Crippen LogP contribution in [0.3, 0.4) is 0 Å². The van der Waals surface area contributed by atoms with Crippen molar-refractivity contribution in [1.29, 1.82) is 0 Å². The Morgan fingerprint density at radius 1 is 1.21 bits per heavy atom. The van der Waals surface area contributed by atoms with Crippen molar-refractivity contribution in [3.63, 3.8) is 0 Å². The van der Waals surface area contributed by atoms with E-state index in [9.17, 15) is 8.42 Å². The van der Waals surface area contributed by atoms with Gasteiger partial charge in [0.2, 0.25) is 0 Å². The van der Waals surface area contributed by atoms with Crippen LogP contribution in [0.1, 0.15) is 40.0 Å². The maximum atomic E-state index is 10.2. The van der Waals surface area contributed by atoms with E-state index in [0.717, 1.165) is 11.8 Å². The maximum absolute atomic E-state index is 10.2. The molecule has 0 amide bonds. The average molecular weight is 302 g/mol. The summed E-state index contributed by atoms with van der Waals surface area (Å²) in [6, 6.07) is 0.573. The molecule has 0 aromatic carbocycles. The standard InChI is InChI=1S/C6H15NO3S.C6H11N.Na.H/c1-6(2,3)7-4-5-11(8,9)10;7-6-2-4-1-5(4)3-6;;/h7H,4-5H2,1-3H3,(H,8,9,10);4-6H,1-3,7H2;;. The summed E-state index contributed by atoms with van der Waals surface area (Å²) in [6.07, 6.45) is 4.14. The van der Waals surface area contributed by atoms with E-state index >= 15 is 0 Å². The summed E-state index contributed by atoms with van der Waals surface area (Å²) in [7, 11) is -3.81. The van der Waals surface area contributed by atoms with Gasteiger partial charge >= 0.3 is 29.6 Å². The summed E-state index contributed by atoms with van der Waals surface area (Å²) in [4.78, 5) is 0. The van der Waals surface area contributed by atoms with Gasteiger partial charge < -0.3 is 11.1 Å². The molecule has 4 N–H and O–H groups in total. The van der Waals surface area contributed by atoms with Gasteiger partial charge in [0.05, 0.1) is 5.75 Å². The van der Waals surface area contributed by atoms with Crippen LogP contribution >= 0.6 is 0 Å². The van der Waals surface area contributed by atoms with E-state index in [1.54, 1.807) is 0 Å². The molecule has 0 saturated heterocycles. The quantitative estimate of drug-likeness (QED) is 0.517. The van der Waals surface area contributed by atoms with Crippen LogP contribution in [0.15, 0.2) is 0 Å². The van der Waals surface area contributed by atoms with Crippen molar-refractivity contribution >= 4 is 39.7 Å². The molecule has 110 valence electrons. The van der Waals surface area contributed by atoms with Gasteiger partial charge in [0.15, 0.2) is 0 Å². The summed E-state index contributed by atoms with van der Waals surface area (Å²) >= 11 is 0. The molecule has 2 atom stereocenters. The van der Waals surface area contributed by atoms with Crippen molar-refractivity contribution in [3.05, 3.63) is 0 Å². The fourth-order valence-corrected chi connectivity index (χ4v) is 2.68. The number of nitrogens with two attached hydrogens (primary N) is 1. The molecule has 0 spiro atoms. The number of fused-ring (bicyclic) bond motifs is 1. The van der Waals surface area contributed by atoms with E-state index in [2.05, 4.69) is 5.32 Å².